The van der Waals surface area contributed by atoms with E-state index in [1.54, 1.807) is 0 Å². The summed E-state index contributed by atoms with van der Waals surface area (Å²) >= 11 is 0. The predicted octanol–water partition coefficient (Wildman–Crippen LogP) is 1.62. The second kappa shape index (κ2) is 5.44. The molecule has 1 rings (SSSR count). The van der Waals surface area contributed by atoms with Gasteiger partial charge >= 0.3 is 0 Å². The van der Waals surface area contributed by atoms with Crippen molar-refractivity contribution in [3.63, 3.8) is 0 Å². The Morgan fingerprint density at radius 2 is 1.40 bits per heavy atom. The van der Waals surface area contributed by atoms with Crippen LogP contribution in [0.25, 0.3) is 0 Å². The van der Waals surface area contributed by atoms with Crippen LogP contribution in [0.3, 0.4) is 0 Å². The summed E-state index contributed by atoms with van der Waals surface area (Å²) in [4.78, 5) is 0. The van der Waals surface area contributed by atoms with Crippen molar-refractivity contribution >= 4 is 0 Å². The second-order valence-electron chi connectivity index (χ2n) is 0.866. The molecule has 0 aromatic carbocycles. The Morgan fingerprint density at radius 3 is 1.40 bits per heavy atom. The summed E-state index contributed by atoms with van der Waals surface area (Å²) < 4.78 is 0. The Labute approximate surface area is 69.9 Å². The molecule has 0 bridgehead atoms. The van der Waals surface area contributed by atoms with Crippen LogP contribution in [0, 0.1) is 50.5 Å². The van der Waals surface area contributed by atoms with Crippen LogP contribution in [0.5, 0.6) is 0 Å². The van der Waals surface area contributed by atoms with Gasteiger partial charge in [0.05, 0.1) is 0 Å². The van der Waals surface area contributed by atoms with E-state index in [0.717, 1.165) is 0 Å². The molecular weight excluding hydrogens is 275 g/mol. The van der Waals surface area contributed by atoms with Crippen molar-refractivity contribution in [3.05, 3.63) is 6.42 Å². The topological polar surface area (TPSA) is 0 Å². The van der Waals surface area contributed by atoms with Gasteiger partial charge in [-0.1, -0.05) is 7.43 Å². The van der Waals surface area contributed by atoms with E-state index < -0.39 is 0 Å². The molecule has 29 valence electrons. The monoisotopic (exact) mass is 284 g/mol. The molecule has 0 atom stereocenters. The van der Waals surface area contributed by atoms with Crippen molar-refractivity contribution in [3.8, 4) is 0 Å². The van der Waals surface area contributed by atoms with Crippen LogP contribution in [-0.4, -0.2) is 0 Å². The maximum atomic E-state index is 2.25. The summed E-state index contributed by atoms with van der Waals surface area (Å²) in [5.41, 5.74) is 0. The fourth-order valence-electron chi connectivity index (χ4n) is 0. The van der Waals surface area contributed by atoms with Crippen LogP contribution in [0.4, 0.5) is 0 Å². The third-order valence-corrected chi connectivity index (χ3v) is 0.289. The van der Waals surface area contributed by atoms with Gasteiger partial charge in [-0.2, -0.15) is 0 Å². The number of rotatable bonds is 0. The summed E-state index contributed by atoms with van der Waals surface area (Å²) in [6.07, 6.45) is 5.00. The van der Waals surface area contributed by atoms with Crippen molar-refractivity contribution in [2.45, 2.75) is 20.3 Å². The fourth-order valence-corrected chi connectivity index (χ4v) is 0. The minimum Gasteiger partial charge on any atom is -0.333 e. The Balaban J connectivity index is 0. The van der Waals surface area contributed by atoms with E-state index in [0.29, 0.717) is 0 Å². The van der Waals surface area contributed by atoms with Gasteiger partial charge in [0.2, 0.25) is 0 Å². The molecule has 0 saturated heterocycles. The van der Waals surface area contributed by atoms with Crippen molar-refractivity contribution in [1.29, 1.82) is 0 Å². The summed E-state index contributed by atoms with van der Waals surface area (Å²) in [6, 6.07) is 0. The number of hydrogen-bond donors (Lipinski definition) is 0. The normalized spacial score (nSPS) is 14.4. The zero-order valence-corrected chi connectivity index (χ0v) is 7.31. The van der Waals surface area contributed by atoms with Gasteiger partial charge in [0.1, 0.15) is 0 Å². The molecule has 0 N–H and O–H groups in total. The third-order valence-electron chi connectivity index (χ3n) is 0.289. The van der Waals surface area contributed by atoms with Crippen molar-refractivity contribution in [2.24, 2.45) is 0 Å². The fraction of sp³-hybridized carbons (Fsp3) is 0.750. The second-order valence-corrected chi connectivity index (χ2v) is 0.866. The first-order valence-corrected chi connectivity index (χ1v) is 1.32. The van der Waals surface area contributed by atoms with E-state index in [9.17, 15) is 0 Å². The number of hydrogen-bond acceptors (Lipinski definition) is 0. The average molecular weight is 284 g/mol. The molecule has 1 aliphatic rings. The predicted molar refractivity (Wildman–Crippen MR) is 20.3 cm³/mol. The Bertz CT molecular complexity index is 8.36. The van der Waals surface area contributed by atoms with E-state index in [-0.39, 0.29) is 51.5 Å². The van der Waals surface area contributed by atoms with Crippen LogP contribution in [0.2, 0.25) is 0 Å². The zero-order chi connectivity index (χ0) is 2.12. The van der Waals surface area contributed by atoms with Crippen LogP contribution < -0.4 is 0 Å². The maximum Gasteiger partial charge on any atom is 0 e. The molecule has 1 aliphatic carbocycles. The molecule has 0 spiro atoms. The first kappa shape index (κ1) is 9.67. The zero-order valence-electron chi connectivity index (χ0n) is 2.57. The summed E-state index contributed by atoms with van der Waals surface area (Å²) in [5.74, 6) is 0. The molecule has 1 fully saturated rings. The van der Waals surface area contributed by atoms with E-state index >= 15 is 0 Å². The summed E-state index contributed by atoms with van der Waals surface area (Å²) in [5, 5.41) is 0. The first-order chi connectivity index (χ1) is 1.50. The van der Waals surface area contributed by atoms with Gasteiger partial charge in [-0.3, -0.25) is 0 Å². The van der Waals surface area contributed by atoms with Gasteiger partial charge in [0.25, 0.3) is 0 Å². The molecule has 5 heavy (non-hydrogen) atoms. The van der Waals surface area contributed by atoms with Crippen LogP contribution in [0.1, 0.15) is 20.3 Å². The molecule has 0 nitrogen and oxygen atoms in total. The standard InChI is InChI=1S/C3H5.CH4.Ac/c1-2-3-1;;/h1H,2-3H2;1H4;/q-1;;. The van der Waals surface area contributed by atoms with Gasteiger partial charge < -0.3 is 6.42 Å². The molecule has 0 aromatic heterocycles. The molecular formula is C4H9Ac-. The van der Waals surface area contributed by atoms with Gasteiger partial charge in [0, 0.05) is 44.1 Å². The van der Waals surface area contributed by atoms with Crippen LogP contribution >= 0.6 is 0 Å². The Morgan fingerprint density at radius 1 is 1.20 bits per heavy atom. The van der Waals surface area contributed by atoms with E-state index in [1.807, 2.05) is 0 Å². The van der Waals surface area contributed by atoms with E-state index in [1.165, 1.54) is 12.8 Å². The Kier molecular flexibility index (Phi) is 10.5. The minimum atomic E-state index is 0. The van der Waals surface area contributed by atoms with Gasteiger partial charge in [-0.15, -0.1) is 0 Å². The molecule has 0 unspecified atom stereocenters. The van der Waals surface area contributed by atoms with Crippen molar-refractivity contribution < 1.29 is 44.1 Å². The van der Waals surface area contributed by atoms with Crippen LogP contribution in [0.15, 0.2) is 0 Å². The molecule has 0 amide bonds. The Hall–Kier alpha value is 1.44. The smallest absolute Gasteiger partial charge is 0 e. The van der Waals surface area contributed by atoms with Gasteiger partial charge in [-0.25, -0.2) is 12.8 Å². The van der Waals surface area contributed by atoms with Crippen molar-refractivity contribution in [2.75, 3.05) is 0 Å². The van der Waals surface area contributed by atoms with E-state index in [2.05, 4.69) is 6.42 Å². The summed E-state index contributed by atoms with van der Waals surface area (Å²) in [7, 11) is 0. The molecule has 0 aromatic rings. The average Bonchev–Trinajstić information content (AvgIpc) is 1.46. The maximum absolute atomic E-state index is 2.25. The third kappa shape index (κ3) is 10.8. The SMILES string of the molecule is C.[Ac].[CH-]1CC1. The minimum absolute atomic E-state index is 0. The van der Waals surface area contributed by atoms with Gasteiger partial charge in [-0.05, 0) is 0 Å². The molecule has 0 aliphatic heterocycles. The molecule has 1 saturated carbocycles. The quantitative estimate of drug-likeness (QED) is 0.593. The van der Waals surface area contributed by atoms with Gasteiger partial charge in [0.15, 0.2) is 0 Å². The van der Waals surface area contributed by atoms with Crippen LogP contribution in [-0.2, 0) is 0 Å². The molecule has 1 heteroatoms. The van der Waals surface area contributed by atoms with Crippen molar-refractivity contribution in [1.82, 2.24) is 0 Å². The van der Waals surface area contributed by atoms with E-state index in [4.69, 9.17) is 0 Å². The summed E-state index contributed by atoms with van der Waals surface area (Å²) in [6.45, 7) is 0. The molecule has 0 heterocycles. The molecule has 1 radical (unpaired) electrons. The largest absolute Gasteiger partial charge is 0.333 e. The first-order valence-electron chi connectivity index (χ1n) is 1.32.